The number of nitrogens with one attached hydrogen (secondary N) is 2. The summed E-state index contributed by atoms with van der Waals surface area (Å²) in [5.41, 5.74) is 1.58. The van der Waals surface area contributed by atoms with E-state index in [0.717, 1.165) is 0 Å². The van der Waals surface area contributed by atoms with Crippen LogP contribution in [0.5, 0.6) is 11.5 Å². The van der Waals surface area contributed by atoms with Crippen LogP contribution < -0.4 is 19.0 Å². The Bertz CT molecular complexity index is 974. The number of carbonyl (C=O) groups is 1. The summed E-state index contributed by atoms with van der Waals surface area (Å²) in [4.78, 5) is 11.4. The molecule has 0 saturated heterocycles. The van der Waals surface area contributed by atoms with Gasteiger partial charge in [0.2, 0.25) is 0 Å². The highest BCUT2D eigenvalue weighted by Crippen LogP contribution is 2.40. The number of anilines is 1. The Labute approximate surface area is 136 Å². The third-order valence-electron chi connectivity index (χ3n) is 3.69. The molecule has 0 saturated carbocycles. The van der Waals surface area contributed by atoms with Crippen LogP contribution in [-0.2, 0) is 21.6 Å². The number of halogens is 1. The van der Waals surface area contributed by atoms with Crippen LogP contribution in [0.3, 0.4) is 0 Å². The zero-order valence-electron chi connectivity index (χ0n) is 12.1. The molecule has 0 fully saturated rings. The van der Waals surface area contributed by atoms with E-state index >= 15 is 0 Å². The average molecular weight is 350 g/mol. The summed E-state index contributed by atoms with van der Waals surface area (Å²) >= 11 is 0. The van der Waals surface area contributed by atoms with E-state index in [4.69, 9.17) is 8.92 Å². The number of carbonyl (C=O) groups excluding carboxylic acids is 1. The van der Waals surface area contributed by atoms with E-state index in [-0.39, 0.29) is 30.4 Å². The highest BCUT2D eigenvalue weighted by Gasteiger charge is 2.26. The maximum atomic E-state index is 13.9. The van der Waals surface area contributed by atoms with Gasteiger partial charge in [0, 0.05) is 17.7 Å². The summed E-state index contributed by atoms with van der Waals surface area (Å²) in [5, 5.41) is 2.65. The molecule has 2 aliphatic heterocycles. The van der Waals surface area contributed by atoms with E-state index in [9.17, 15) is 17.6 Å². The van der Waals surface area contributed by atoms with Gasteiger partial charge < -0.3 is 14.2 Å². The largest absolute Gasteiger partial charge is 0.482 e. The fraction of sp³-hybridized carbons (Fsp3) is 0.133. The maximum Gasteiger partial charge on any atom is 0.382 e. The summed E-state index contributed by atoms with van der Waals surface area (Å²) < 4.78 is 49.7. The molecule has 0 aromatic heterocycles. The smallest absolute Gasteiger partial charge is 0.382 e. The molecular weight excluding hydrogens is 339 g/mol. The van der Waals surface area contributed by atoms with Crippen molar-refractivity contribution in [1.82, 2.24) is 4.72 Å². The lowest BCUT2D eigenvalue weighted by molar-refractivity contribution is -0.118. The molecule has 0 radical (unpaired) electrons. The van der Waals surface area contributed by atoms with Crippen molar-refractivity contribution >= 4 is 21.9 Å². The highest BCUT2D eigenvalue weighted by atomic mass is 32.2. The van der Waals surface area contributed by atoms with Crippen LogP contribution in [0, 0.1) is 5.82 Å². The highest BCUT2D eigenvalue weighted by molar-refractivity contribution is 7.85. The molecule has 9 heteroatoms. The van der Waals surface area contributed by atoms with Crippen LogP contribution in [0.1, 0.15) is 5.56 Å². The second kappa shape index (κ2) is 5.18. The Kier molecular flexibility index (Phi) is 3.22. The van der Waals surface area contributed by atoms with Gasteiger partial charge in [-0.25, -0.2) is 4.39 Å². The van der Waals surface area contributed by atoms with Crippen molar-refractivity contribution in [3.63, 3.8) is 0 Å². The first-order valence-corrected chi connectivity index (χ1v) is 8.41. The van der Waals surface area contributed by atoms with Gasteiger partial charge in [0.1, 0.15) is 11.6 Å². The normalized spacial score (nSPS) is 17.8. The molecule has 2 aromatic carbocycles. The maximum absolute atomic E-state index is 13.9. The van der Waals surface area contributed by atoms with Gasteiger partial charge in [0.15, 0.2) is 12.4 Å². The van der Waals surface area contributed by atoms with Crippen molar-refractivity contribution in [3.8, 4) is 22.6 Å². The molecule has 0 atom stereocenters. The summed E-state index contributed by atoms with van der Waals surface area (Å²) in [5.74, 6) is -0.271. The monoisotopic (exact) mass is 350 g/mol. The van der Waals surface area contributed by atoms with Crippen LogP contribution in [0.4, 0.5) is 10.1 Å². The van der Waals surface area contributed by atoms with E-state index in [0.29, 0.717) is 22.6 Å². The molecule has 1 amide bonds. The molecule has 2 N–H and O–H groups in total. The quantitative estimate of drug-likeness (QED) is 0.814. The van der Waals surface area contributed by atoms with Crippen LogP contribution in [0.2, 0.25) is 0 Å². The van der Waals surface area contributed by atoms with E-state index in [2.05, 4.69) is 10.0 Å². The zero-order valence-corrected chi connectivity index (χ0v) is 12.9. The molecule has 4 rings (SSSR count). The van der Waals surface area contributed by atoms with Crippen molar-refractivity contribution in [3.05, 3.63) is 41.7 Å². The minimum absolute atomic E-state index is 0.0623. The SMILES string of the molecule is O=C1COc2ccc(-c3cc(F)cc4c3OS(=O)(=O)NC4)cc2N1. The van der Waals surface area contributed by atoms with Gasteiger partial charge in [-0.1, -0.05) is 6.07 Å². The van der Waals surface area contributed by atoms with Crippen molar-refractivity contribution in [1.29, 1.82) is 0 Å². The number of ether oxygens (including phenoxy) is 1. The number of rotatable bonds is 1. The zero-order chi connectivity index (χ0) is 16.9. The van der Waals surface area contributed by atoms with Crippen LogP contribution in [-0.4, -0.2) is 20.9 Å². The molecule has 7 nitrogen and oxygen atoms in total. The van der Waals surface area contributed by atoms with Crippen LogP contribution in [0.15, 0.2) is 30.3 Å². The first kappa shape index (κ1) is 14.9. The Morgan fingerprint density at radius 2 is 2.00 bits per heavy atom. The molecule has 0 unspecified atom stereocenters. The van der Waals surface area contributed by atoms with Gasteiger partial charge in [0.05, 0.1) is 5.69 Å². The number of hydrogen-bond acceptors (Lipinski definition) is 5. The molecule has 2 aliphatic rings. The fourth-order valence-corrected chi connectivity index (χ4v) is 3.46. The molecule has 0 aliphatic carbocycles. The Morgan fingerprint density at radius 1 is 1.17 bits per heavy atom. The van der Waals surface area contributed by atoms with Crippen molar-refractivity contribution in [2.75, 3.05) is 11.9 Å². The summed E-state index contributed by atoms with van der Waals surface area (Å²) in [6.07, 6.45) is 0. The van der Waals surface area contributed by atoms with Crippen LogP contribution in [0.25, 0.3) is 11.1 Å². The van der Waals surface area contributed by atoms with Gasteiger partial charge in [-0.3, -0.25) is 4.79 Å². The van der Waals surface area contributed by atoms with E-state index < -0.39 is 16.1 Å². The Morgan fingerprint density at radius 3 is 2.83 bits per heavy atom. The molecule has 124 valence electrons. The van der Waals surface area contributed by atoms with Gasteiger partial charge in [-0.15, -0.1) is 0 Å². The number of hydrogen-bond donors (Lipinski definition) is 2. The van der Waals surface area contributed by atoms with Gasteiger partial charge in [-0.05, 0) is 29.8 Å². The summed E-state index contributed by atoms with van der Waals surface area (Å²) in [6, 6.07) is 7.25. The van der Waals surface area contributed by atoms with Gasteiger partial charge in [-0.2, -0.15) is 13.1 Å². The van der Waals surface area contributed by atoms with Crippen molar-refractivity contribution in [2.45, 2.75) is 6.54 Å². The van der Waals surface area contributed by atoms with E-state index in [1.54, 1.807) is 18.2 Å². The number of amides is 1. The predicted molar refractivity (Wildman–Crippen MR) is 82.3 cm³/mol. The standard InChI is InChI=1S/C15H11FN2O5S/c16-10-3-9-6-17-24(20,21)23-15(9)11(5-10)8-1-2-13-12(4-8)18-14(19)7-22-13/h1-5,17H,6-7H2,(H,18,19). The predicted octanol–water partition coefficient (Wildman–Crippen LogP) is 1.55. The molecule has 24 heavy (non-hydrogen) atoms. The third-order valence-corrected chi connectivity index (χ3v) is 4.57. The van der Waals surface area contributed by atoms with Crippen LogP contribution >= 0.6 is 0 Å². The second-order valence-electron chi connectivity index (χ2n) is 5.35. The van der Waals surface area contributed by atoms with Crippen molar-refractivity contribution in [2.24, 2.45) is 0 Å². The summed E-state index contributed by atoms with van der Waals surface area (Å²) in [6.45, 7) is -0.137. The second-order valence-corrected chi connectivity index (χ2v) is 6.71. The topological polar surface area (TPSA) is 93.7 Å². The van der Waals surface area contributed by atoms with Gasteiger partial charge in [0.25, 0.3) is 5.91 Å². The lowest BCUT2D eigenvalue weighted by atomic mass is 10.00. The van der Waals surface area contributed by atoms with Crippen molar-refractivity contribution < 1.29 is 26.5 Å². The molecule has 2 aromatic rings. The molecule has 0 bridgehead atoms. The first-order valence-electron chi connectivity index (χ1n) is 7.00. The Balaban J connectivity index is 1.87. The summed E-state index contributed by atoms with van der Waals surface area (Å²) in [7, 11) is -3.93. The third kappa shape index (κ3) is 2.57. The average Bonchev–Trinajstić information content (AvgIpc) is 2.53. The fourth-order valence-electron chi connectivity index (χ4n) is 2.65. The number of benzene rings is 2. The minimum atomic E-state index is -3.93. The van der Waals surface area contributed by atoms with E-state index in [1.165, 1.54) is 12.1 Å². The lowest BCUT2D eigenvalue weighted by Crippen LogP contribution is -2.32. The molecule has 0 spiro atoms. The lowest BCUT2D eigenvalue weighted by Gasteiger charge is -2.22. The first-order chi connectivity index (χ1) is 11.4. The van der Waals surface area contributed by atoms with E-state index in [1.807, 2.05) is 0 Å². The van der Waals surface area contributed by atoms with Gasteiger partial charge >= 0.3 is 10.3 Å². The Hall–Kier alpha value is -2.65. The molecular formula is C15H11FN2O5S. The number of fused-ring (bicyclic) bond motifs is 2. The molecule has 2 heterocycles. The minimum Gasteiger partial charge on any atom is -0.482 e.